The Morgan fingerprint density at radius 3 is 2.58 bits per heavy atom. The zero-order chi connectivity index (χ0) is 17.5. The summed E-state index contributed by atoms with van der Waals surface area (Å²) in [7, 11) is 0. The Hall–Kier alpha value is -3.21. The van der Waals surface area contributed by atoms with Crippen molar-refractivity contribution in [1.82, 2.24) is 10.2 Å². The first-order valence-corrected chi connectivity index (χ1v) is 8.63. The summed E-state index contributed by atoms with van der Waals surface area (Å²) in [6.07, 6.45) is 2.22. The molecule has 0 saturated heterocycles. The van der Waals surface area contributed by atoms with Crippen LogP contribution >= 0.6 is 0 Å². The van der Waals surface area contributed by atoms with Gasteiger partial charge in [0, 0.05) is 16.6 Å². The molecule has 1 N–H and O–H groups in total. The van der Waals surface area contributed by atoms with Crippen LogP contribution in [0.15, 0.2) is 59.0 Å². The standard InChI is InChI=1S/C21H16FN3O/c22-16-9-6-15(7-10-16)21-25-24-19(26-21)12-23-18-11-8-14-5-4-13-2-1-3-17(18)20(13)14/h1-3,6-11,23H,4-5,12H2. The molecule has 0 amide bonds. The Labute approximate surface area is 149 Å². The SMILES string of the molecule is Fc1ccc(-c2nnc(CNc3ccc4c5c(cccc35)CC4)o2)cc1. The molecule has 0 spiro atoms. The molecule has 0 unspecified atom stereocenters. The molecule has 26 heavy (non-hydrogen) atoms. The third-order valence-electron chi connectivity index (χ3n) is 4.86. The second kappa shape index (κ2) is 5.95. The molecule has 5 heteroatoms. The van der Waals surface area contributed by atoms with Crippen LogP contribution in [-0.4, -0.2) is 10.2 Å². The first kappa shape index (κ1) is 15.1. The molecular weight excluding hydrogens is 329 g/mol. The van der Waals surface area contributed by atoms with Crippen molar-refractivity contribution in [1.29, 1.82) is 0 Å². The molecule has 0 aliphatic heterocycles. The summed E-state index contributed by atoms with van der Waals surface area (Å²) in [5, 5.41) is 14.1. The Morgan fingerprint density at radius 2 is 1.73 bits per heavy atom. The molecule has 5 rings (SSSR count). The molecule has 128 valence electrons. The largest absolute Gasteiger partial charge is 0.419 e. The average Bonchev–Trinajstić information content (AvgIpc) is 3.30. The van der Waals surface area contributed by atoms with Crippen molar-refractivity contribution < 1.29 is 8.81 Å². The number of hydrogen-bond donors (Lipinski definition) is 1. The van der Waals surface area contributed by atoms with E-state index in [0.29, 0.717) is 23.9 Å². The molecule has 4 aromatic rings. The highest BCUT2D eigenvalue weighted by Gasteiger charge is 2.16. The number of benzene rings is 3. The molecule has 4 nitrogen and oxygen atoms in total. The van der Waals surface area contributed by atoms with Gasteiger partial charge in [0.1, 0.15) is 5.82 Å². The lowest BCUT2D eigenvalue weighted by atomic mass is 10.0. The molecule has 0 radical (unpaired) electrons. The smallest absolute Gasteiger partial charge is 0.247 e. The Morgan fingerprint density at radius 1 is 0.923 bits per heavy atom. The van der Waals surface area contributed by atoms with Gasteiger partial charge in [-0.2, -0.15) is 0 Å². The van der Waals surface area contributed by atoms with Crippen LogP contribution in [0.1, 0.15) is 17.0 Å². The first-order chi connectivity index (χ1) is 12.8. The van der Waals surface area contributed by atoms with Crippen LogP contribution in [0.3, 0.4) is 0 Å². The van der Waals surface area contributed by atoms with Crippen LogP contribution < -0.4 is 5.32 Å². The molecule has 3 aromatic carbocycles. The van der Waals surface area contributed by atoms with Crippen LogP contribution in [-0.2, 0) is 19.4 Å². The number of aromatic nitrogens is 2. The van der Waals surface area contributed by atoms with E-state index < -0.39 is 0 Å². The van der Waals surface area contributed by atoms with E-state index in [9.17, 15) is 4.39 Å². The van der Waals surface area contributed by atoms with Gasteiger partial charge in [0.05, 0.1) is 6.54 Å². The maximum Gasteiger partial charge on any atom is 0.247 e. The topological polar surface area (TPSA) is 51.0 Å². The van der Waals surface area contributed by atoms with Gasteiger partial charge in [0.25, 0.3) is 0 Å². The average molecular weight is 345 g/mol. The van der Waals surface area contributed by atoms with Crippen LogP contribution in [0.5, 0.6) is 0 Å². The number of nitrogens with zero attached hydrogens (tertiary/aromatic N) is 2. The molecule has 1 heterocycles. The normalized spacial score (nSPS) is 12.7. The van der Waals surface area contributed by atoms with Crippen LogP contribution in [0.4, 0.5) is 10.1 Å². The summed E-state index contributed by atoms with van der Waals surface area (Å²) in [5.74, 6) is 0.594. The Bertz CT molecular complexity index is 1090. The molecular formula is C21H16FN3O. The van der Waals surface area contributed by atoms with Gasteiger partial charge in [-0.15, -0.1) is 10.2 Å². The molecule has 0 bridgehead atoms. The van der Waals surface area contributed by atoms with E-state index in [1.165, 1.54) is 34.0 Å². The van der Waals surface area contributed by atoms with Crippen LogP contribution in [0.25, 0.3) is 22.2 Å². The van der Waals surface area contributed by atoms with Gasteiger partial charge in [0.15, 0.2) is 0 Å². The number of anilines is 1. The van der Waals surface area contributed by atoms with E-state index in [1.54, 1.807) is 12.1 Å². The van der Waals surface area contributed by atoms with E-state index in [1.807, 2.05) is 0 Å². The van der Waals surface area contributed by atoms with Crippen molar-refractivity contribution in [3.63, 3.8) is 0 Å². The maximum absolute atomic E-state index is 13.0. The zero-order valence-corrected chi connectivity index (χ0v) is 14.0. The quantitative estimate of drug-likeness (QED) is 0.580. The van der Waals surface area contributed by atoms with Gasteiger partial charge in [-0.1, -0.05) is 24.3 Å². The minimum absolute atomic E-state index is 0.290. The van der Waals surface area contributed by atoms with Crippen molar-refractivity contribution in [2.24, 2.45) is 0 Å². The lowest BCUT2D eigenvalue weighted by Gasteiger charge is -2.10. The fourth-order valence-corrected chi connectivity index (χ4v) is 3.61. The summed E-state index contributed by atoms with van der Waals surface area (Å²) in [6, 6.07) is 16.8. The van der Waals surface area contributed by atoms with Gasteiger partial charge in [-0.25, -0.2) is 4.39 Å². The molecule has 0 fully saturated rings. The van der Waals surface area contributed by atoms with E-state index in [-0.39, 0.29) is 5.82 Å². The molecule has 1 aromatic heterocycles. The lowest BCUT2D eigenvalue weighted by Crippen LogP contribution is -2.00. The second-order valence-electron chi connectivity index (χ2n) is 6.47. The third-order valence-corrected chi connectivity index (χ3v) is 4.86. The van der Waals surface area contributed by atoms with E-state index in [4.69, 9.17) is 4.42 Å². The van der Waals surface area contributed by atoms with E-state index in [0.717, 1.165) is 18.5 Å². The van der Waals surface area contributed by atoms with Gasteiger partial charge in [0.2, 0.25) is 11.8 Å². The number of halogens is 1. The fraction of sp³-hybridized carbons (Fsp3) is 0.143. The highest BCUT2D eigenvalue weighted by Crippen LogP contribution is 2.35. The summed E-state index contributed by atoms with van der Waals surface area (Å²) >= 11 is 0. The highest BCUT2D eigenvalue weighted by atomic mass is 19.1. The number of rotatable bonds is 4. The van der Waals surface area contributed by atoms with Gasteiger partial charge < -0.3 is 9.73 Å². The van der Waals surface area contributed by atoms with Crippen LogP contribution in [0, 0.1) is 5.82 Å². The van der Waals surface area contributed by atoms with E-state index >= 15 is 0 Å². The zero-order valence-electron chi connectivity index (χ0n) is 14.0. The number of aryl methyl sites for hydroxylation is 2. The Balaban J connectivity index is 1.39. The van der Waals surface area contributed by atoms with Crippen molar-refractivity contribution in [2.45, 2.75) is 19.4 Å². The summed E-state index contributed by atoms with van der Waals surface area (Å²) < 4.78 is 18.7. The fourth-order valence-electron chi connectivity index (χ4n) is 3.61. The first-order valence-electron chi connectivity index (χ1n) is 8.63. The van der Waals surface area contributed by atoms with Crippen molar-refractivity contribution in [3.8, 4) is 11.5 Å². The highest BCUT2D eigenvalue weighted by molar-refractivity contribution is 5.99. The van der Waals surface area contributed by atoms with E-state index in [2.05, 4.69) is 45.8 Å². The van der Waals surface area contributed by atoms with Crippen molar-refractivity contribution >= 4 is 16.5 Å². The van der Waals surface area contributed by atoms with Gasteiger partial charge in [-0.3, -0.25) is 0 Å². The van der Waals surface area contributed by atoms with Crippen molar-refractivity contribution in [2.75, 3.05) is 5.32 Å². The maximum atomic E-state index is 13.0. The van der Waals surface area contributed by atoms with Gasteiger partial charge >= 0.3 is 0 Å². The second-order valence-corrected chi connectivity index (χ2v) is 6.47. The number of hydrogen-bond acceptors (Lipinski definition) is 4. The minimum Gasteiger partial charge on any atom is -0.419 e. The summed E-state index contributed by atoms with van der Waals surface area (Å²) in [5.41, 5.74) is 4.60. The summed E-state index contributed by atoms with van der Waals surface area (Å²) in [6.45, 7) is 0.437. The lowest BCUT2D eigenvalue weighted by molar-refractivity contribution is 0.515. The van der Waals surface area contributed by atoms with Crippen LogP contribution in [0.2, 0.25) is 0 Å². The monoisotopic (exact) mass is 345 g/mol. The third kappa shape index (κ3) is 2.52. The van der Waals surface area contributed by atoms with Crippen molar-refractivity contribution in [3.05, 3.63) is 77.4 Å². The molecule has 1 aliphatic carbocycles. The summed E-state index contributed by atoms with van der Waals surface area (Å²) in [4.78, 5) is 0. The van der Waals surface area contributed by atoms with Gasteiger partial charge in [-0.05, 0) is 59.7 Å². The predicted molar refractivity (Wildman–Crippen MR) is 98.4 cm³/mol. The minimum atomic E-state index is -0.290. The molecule has 1 aliphatic rings. The molecule has 0 atom stereocenters. The Kier molecular flexibility index (Phi) is 3.45. The molecule has 0 saturated carbocycles. The predicted octanol–water partition coefficient (Wildman–Crippen LogP) is 4.74. The number of nitrogens with one attached hydrogen (secondary N) is 1.